The van der Waals surface area contributed by atoms with Gasteiger partial charge in [-0.15, -0.1) is 21.5 Å². The van der Waals surface area contributed by atoms with Crippen LogP contribution in [0.15, 0.2) is 22.6 Å². The molecule has 0 fully saturated rings. The van der Waals surface area contributed by atoms with E-state index in [9.17, 15) is 0 Å². The molecule has 5 heteroatoms. The van der Waals surface area contributed by atoms with Gasteiger partial charge in [0.15, 0.2) is 11.6 Å². The Balaban J connectivity index is 2.39. The maximum Gasteiger partial charge on any atom is 0.151 e. The second kappa shape index (κ2) is 3.94. The Bertz CT molecular complexity index is 462. The monoisotopic (exact) mass is 220 g/mol. The summed E-state index contributed by atoms with van der Waals surface area (Å²) in [6.07, 6.45) is 0. The maximum absolute atomic E-state index is 4.48. The summed E-state index contributed by atoms with van der Waals surface area (Å²) in [6, 6.07) is 4.07. The molecule has 2 aromatic heterocycles. The van der Waals surface area contributed by atoms with Crippen LogP contribution >= 0.6 is 11.3 Å². The van der Waals surface area contributed by atoms with Crippen molar-refractivity contribution in [2.24, 2.45) is 5.10 Å². The summed E-state index contributed by atoms with van der Waals surface area (Å²) in [5.74, 6) is 1.62. The smallest absolute Gasteiger partial charge is 0.151 e. The van der Waals surface area contributed by atoms with Gasteiger partial charge in [0.2, 0.25) is 0 Å². The zero-order valence-corrected chi connectivity index (χ0v) is 9.75. The topological polar surface area (TPSA) is 43.1 Å². The van der Waals surface area contributed by atoms with Crippen molar-refractivity contribution in [3.63, 3.8) is 0 Å². The van der Waals surface area contributed by atoms with Crippen molar-refractivity contribution in [1.29, 1.82) is 0 Å². The van der Waals surface area contributed by atoms with E-state index in [1.807, 2.05) is 32.2 Å². The van der Waals surface area contributed by atoms with Gasteiger partial charge in [-0.1, -0.05) is 6.07 Å². The molecule has 0 N–H and O–H groups in total. The van der Waals surface area contributed by atoms with Crippen LogP contribution in [0.1, 0.15) is 23.4 Å². The largest absolute Gasteiger partial charge is 0.202 e. The number of aryl methyl sites for hydroxylation is 2. The van der Waals surface area contributed by atoms with E-state index in [0.717, 1.165) is 17.4 Å². The van der Waals surface area contributed by atoms with Crippen LogP contribution in [0.2, 0.25) is 0 Å². The first-order chi connectivity index (χ1) is 7.18. The van der Waals surface area contributed by atoms with Gasteiger partial charge in [0.25, 0.3) is 0 Å². The van der Waals surface area contributed by atoms with E-state index >= 15 is 0 Å². The average molecular weight is 220 g/mol. The third kappa shape index (κ3) is 1.97. The molecule has 0 aromatic carbocycles. The molecular formula is C10H12N4S. The summed E-state index contributed by atoms with van der Waals surface area (Å²) in [4.78, 5) is 1.17. The van der Waals surface area contributed by atoms with Crippen molar-refractivity contribution in [2.45, 2.75) is 20.8 Å². The van der Waals surface area contributed by atoms with E-state index in [2.05, 4.69) is 21.4 Å². The van der Waals surface area contributed by atoms with Crippen molar-refractivity contribution >= 4 is 17.0 Å². The molecule has 0 bridgehead atoms. The molecule has 0 saturated heterocycles. The fourth-order valence-electron chi connectivity index (χ4n) is 1.29. The van der Waals surface area contributed by atoms with Gasteiger partial charge in [0.1, 0.15) is 0 Å². The molecule has 0 amide bonds. The third-order valence-electron chi connectivity index (χ3n) is 2.08. The lowest BCUT2D eigenvalue weighted by atomic mass is 10.3. The van der Waals surface area contributed by atoms with Crippen LogP contribution in [0, 0.1) is 13.8 Å². The highest BCUT2D eigenvalue weighted by molar-refractivity contribution is 7.12. The molecule has 2 aromatic rings. The van der Waals surface area contributed by atoms with E-state index in [0.29, 0.717) is 0 Å². The first-order valence-corrected chi connectivity index (χ1v) is 5.54. The molecule has 0 spiro atoms. The Kier molecular flexibility index (Phi) is 2.64. The predicted octanol–water partition coefficient (Wildman–Crippen LogP) is 2.23. The minimum Gasteiger partial charge on any atom is -0.202 e. The minimum absolute atomic E-state index is 0.809. The molecule has 0 atom stereocenters. The lowest BCUT2D eigenvalue weighted by Gasteiger charge is -2.00. The van der Waals surface area contributed by atoms with Crippen LogP contribution in [0.5, 0.6) is 0 Å². The molecule has 0 unspecified atom stereocenters. The van der Waals surface area contributed by atoms with Gasteiger partial charge in [-0.05, 0) is 32.2 Å². The van der Waals surface area contributed by atoms with E-state index in [1.54, 1.807) is 16.0 Å². The van der Waals surface area contributed by atoms with Crippen molar-refractivity contribution in [3.05, 3.63) is 34.0 Å². The van der Waals surface area contributed by atoms with Crippen LogP contribution < -0.4 is 0 Å². The molecule has 15 heavy (non-hydrogen) atoms. The van der Waals surface area contributed by atoms with Gasteiger partial charge >= 0.3 is 0 Å². The zero-order valence-electron chi connectivity index (χ0n) is 8.93. The molecule has 78 valence electrons. The fraction of sp³-hybridized carbons (Fsp3) is 0.300. The van der Waals surface area contributed by atoms with Crippen LogP contribution in [0.25, 0.3) is 0 Å². The number of aromatic nitrogens is 3. The Hall–Kier alpha value is -1.49. The van der Waals surface area contributed by atoms with Gasteiger partial charge in [0.05, 0.1) is 10.6 Å². The van der Waals surface area contributed by atoms with Gasteiger partial charge in [0, 0.05) is 0 Å². The second-order valence-electron chi connectivity index (χ2n) is 3.27. The first kappa shape index (κ1) is 10.0. The average Bonchev–Trinajstić information content (AvgIpc) is 2.82. The van der Waals surface area contributed by atoms with E-state index in [-0.39, 0.29) is 0 Å². The molecule has 2 rings (SSSR count). The second-order valence-corrected chi connectivity index (χ2v) is 4.22. The molecule has 2 heterocycles. The number of thiophene rings is 1. The van der Waals surface area contributed by atoms with Crippen molar-refractivity contribution < 1.29 is 0 Å². The molecule has 0 saturated carbocycles. The van der Waals surface area contributed by atoms with E-state index < -0.39 is 0 Å². The first-order valence-electron chi connectivity index (χ1n) is 4.66. The lowest BCUT2D eigenvalue weighted by Crippen LogP contribution is -2.01. The highest BCUT2D eigenvalue weighted by Crippen LogP contribution is 2.11. The summed E-state index contributed by atoms with van der Waals surface area (Å²) in [5, 5.41) is 14.4. The zero-order chi connectivity index (χ0) is 10.8. The fourth-order valence-corrected chi connectivity index (χ4v) is 1.96. The lowest BCUT2D eigenvalue weighted by molar-refractivity contribution is 0.794. The molecule has 0 aliphatic heterocycles. The van der Waals surface area contributed by atoms with Crippen molar-refractivity contribution in [3.8, 4) is 0 Å². The van der Waals surface area contributed by atoms with Crippen molar-refractivity contribution in [1.82, 2.24) is 14.9 Å². The standard InChI is InChI=1S/C10H12N4S/c1-7(10-5-4-6-15-10)13-14-8(2)11-12-9(14)3/h4-6H,1-3H3. The number of rotatable bonds is 2. The van der Waals surface area contributed by atoms with Gasteiger partial charge in [-0.25, -0.2) is 4.68 Å². The summed E-state index contributed by atoms with van der Waals surface area (Å²) in [6.45, 7) is 5.78. The van der Waals surface area contributed by atoms with Gasteiger partial charge in [-0.2, -0.15) is 5.10 Å². The van der Waals surface area contributed by atoms with Crippen LogP contribution in [0.3, 0.4) is 0 Å². The number of hydrogen-bond donors (Lipinski definition) is 0. The predicted molar refractivity (Wildman–Crippen MR) is 61.4 cm³/mol. The molecule has 0 aliphatic carbocycles. The Morgan fingerprint density at radius 3 is 2.53 bits per heavy atom. The molecule has 0 radical (unpaired) electrons. The summed E-state index contributed by atoms with van der Waals surface area (Å²) < 4.78 is 1.76. The molecule has 4 nitrogen and oxygen atoms in total. The Morgan fingerprint density at radius 2 is 2.00 bits per heavy atom. The number of hydrogen-bond acceptors (Lipinski definition) is 4. The Morgan fingerprint density at radius 1 is 1.33 bits per heavy atom. The normalized spacial score (nSPS) is 12.1. The summed E-state index contributed by atoms with van der Waals surface area (Å²) in [5.41, 5.74) is 0.982. The number of nitrogens with zero attached hydrogens (tertiary/aromatic N) is 4. The highest BCUT2D eigenvalue weighted by Gasteiger charge is 2.04. The van der Waals surface area contributed by atoms with Gasteiger partial charge < -0.3 is 0 Å². The van der Waals surface area contributed by atoms with Crippen molar-refractivity contribution in [2.75, 3.05) is 0 Å². The Labute approximate surface area is 92.3 Å². The summed E-state index contributed by atoms with van der Waals surface area (Å²) >= 11 is 1.68. The minimum atomic E-state index is 0.809. The van der Waals surface area contributed by atoms with Crippen LogP contribution in [-0.4, -0.2) is 20.6 Å². The van der Waals surface area contributed by atoms with Crippen LogP contribution in [0.4, 0.5) is 0 Å². The third-order valence-corrected chi connectivity index (χ3v) is 3.06. The van der Waals surface area contributed by atoms with E-state index in [1.165, 1.54) is 4.88 Å². The SMILES string of the molecule is CC(=Nn1c(C)nnc1C)c1cccs1. The molecule has 0 aliphatic rings. The van der Waals surface area contributed by atoms with Crippen LogP contribution in [-0.2, 0) is 0 Å². The maximum atomic E-state index is 4.48. The quantitative estimate of drug-likeness (QED) is 0.728. The molecular weight excluding hydrogens is 208 g/mol. The van der Waals surface area contributed by atoms with Gasteiger partial charge in [-0.3, -0.25) is 0 Å². The summed E-state index contributed by atoms with van der Waals surface area (Å²) in [7, 11) is 0. The van der Waals surface area contributed by atoms with E-state index in [4.69, 9.17) is 0 Å². The highest BCUT2D eigenvalue weighted by atomic mass is 32.1.